The van der Waals surface area contributed by atoms with E-state index in [1.807, 2.05) is 20.9 Å². The summed E-state index contributed by atoms with van der Waals surface area (Å²) in [7, 11) is 3.42. The molecule has 1 atom stereocenters. The van der Waals surface area contributed by atoms with E-state index >= 15 is 0 Å². The van der Waals surface area contributed by atoms with Crippen LogP contribution in [0.25, 0.3) is 0 Å². The smallest absolute Gasteiger partial charge is 0.407 e. The number of carbonyl (C=O) groups is 1. The number of hydroxylamine groups is 2. The molecule has 0 aliphatic rings. The lowest BCUT2D eigenvalue weighted by Gasteiger charge is -2.27. The number of unbranched alkanes of at least 4 members (excludes halogenated alkanes) is 22. The quantitative estimate of drug-likeness (QED) is 0.0393. The highest BCUT2D eigenvalue weighted by Crippen LogP contribution is 2.15. The Morgan fingerprint density at radius 3 is 1.54 bits per heavy atom. The third-order valence-corrected chi connectivity index (χ3v) is 9.14. The maximum Gasteiger partial charge on any atom is 0.407 e. The molecule has 0 aliphatic heterocycles. The lowest BCUT2D eigenvalue weighted by Crippen LogP contribution is -2.37. The van der Waals surface area contributed by atoms with Gasteiger partial charge in [0.05, 0.1) is 19.3 Å². The first-order valence-electron chi connectivity index (χ1n) is 20.3. The van der Waals surface area contributed by atoms with Gasteiger partial charge in [0.15, 0.2) is 0 Å². The monoisotopic (exact) mass is 687 g/mol. The molecule has 48 heavy (non-hydrogen) atoms. The first-order valence-corrected chi connectivity index (χ1v) is 20.3. The highest BCUT2D eigenvalue weighted by atomic mass is 16.7. The van der Waals surface area contributed by atoms with Crippen LogP contribution < -0.4 is 5.32 Å². The second kappa shape index (κ2) is 35.9. The van der Waals surface area contributed by atoms with Gasteiger partial charge in [-0.25, -0.2) is 4.79 Å². The lowest BCUT2D eigenvalue weighted by atomic mass is 10.1. The number of rotatable bonds is 38. The summed E-state index contributed by atoms with van der Waals surface area (Å²) in [4.78, 5) is 17.5. The van der Waals surface area contributed by atoms with Crippen molar-refractivity contribution < 1.29 is 28.6 Å². The molecule has 0 saturated carbocycles. The molecule has 0 saturated heterocycles. The molecule has 0 radical (unpaired) electrons. The van der Waals surface area contributed by atoms with Gasteiger partial charge in [0, 0.05) is 26.8 Å². The predicted molar refractivity (Wildman–Crippen MR) is 201 cm³/mol. The van der Waals surface area contributed by atoms with Gasteiger partial charge in [0.1, 0.15) is 19.4 Å². The average Bonchev–Trinajstić information content (AvgIpc) is 3.07. The zero-order chi connectivity index (χ0) is 35.4. The molecule has 0 aromatic heterocycles. The fraction of sp³-hybridized carbons (Fsp3) is 0.975. The highest BCUT2D eigenvalue weighted by Gasteiger charge is 2.20. The van der Waals surface area contributed by atoms with Crippen LogP contribution in [0.3, 0.4) is 0 Å². The van der Waals surface area contributed by atoms with Crippen molar-refractivity contribution in [3.8, 4) is 0 Å². The SMILES string of the molecule is CCCCCCCCCCCCCCOC[C@H](COC(=O)NCCC(C)(C)OCN(C)OC)OCCCCCCCCCCCCCC. The van der Waals surface area contributed by atoms with Gasteiger partial charge in [-0.3, -0.25) is 0 Å². The van der Waals surface area contributed by atoms with Crippen molar-refractivity contribution in [3.63, 3.8) is 0 Å². The number of hydrogen-bond donors (Lipinski definition) is 1. The van der Waals surface area contributed by atoms with Gasteiger partial charge in [-0.2, -0.15) is 5.06 Å². The summed E-state index contributed by atoms with van der Waals surface area (Å²) in [6.45, 7) is 11.4. The van der Waals surface area contributed by atoms with Crippen LogP contribution in [-0.4, -0.2) is 76.7 Å². The van der Waals surface area contributed by atoms with Crippen molar-refractivity contribution in [3.05, 3.63) is 0 Å². The molecular formula is C40H82N2O6. The number of amides is 1. The van der Waals surface area contributed by atoms with Gasteiger partial charge in [-0.05, 0) is 33.1 Å². The fourth-order valence-electron chi connectivity index (χ4n) is 5.67. The van der Waals surface area contributed by atoms with Gasteiger partial charge >= 0.3 is 6.09 Å². The van der Waals surface area contributed by atoms with Crippen LogP contribution in [0.2, 0.25) is 0 Å². The van der Waals surface area contributed by atoms with E-state index in [4.69, 9.17) is 23.8 Å². The van der Waals surface area contributed by atoms with E-state index < -0.39 is 11.7 Å². The second-order valence-electron chi connectivity index (χ2n) is 14.5. The summed E-state index contributed by atoms with van der Waals surface area (Å²) < 4.78 is 23.6. The summed E-state index contributed by atoms with van der Waals surface area (Å²) in [6, 6.07) is 0. The van der Waals surface area contributed by atoms with Crippen LogP contribution in [0, 0.1) is 0 Å². The van der Waals surface area contributed by atoms with E-state index in [0.29, 0.717) is 32.9 Å². The number of hydrogen-bond acceptors (Lipinski definition) is 7. The molecule has 1 amide bonds. The van der Waals surface area contributed by atoms with Crippen molar-refractivity contribution in [2.75, 3.05) is 53.9 Å². The van der Waals surface area contributed by atoms with Crippen LogP contribution in [0.15, 0.2) is 0 Å². The number of ether oxygens (including phenoxy) is 4. The van der Waals surface area contributed by atoms with Crippen LogP contribution in [0.1, 0.15) is 188 Å². The molecule has 0 rings (SSSR count). The number of carbonyl (C=O) groups excluding carboxylic acids is 1. The van der Waals surface area contributed by atoms with E-state index in [1.54, 1.807) is 12.2 Å². The van der Waals surface area contributed by atoms with E-state index in [-0.39, 0.29) is 12.7 Å². The zero-order valence-electron chi connectivity index (χ0n) is 32.9. The third-order valence-electron chi connectivity index (χ3n) is 9.14. The van der Waals surface area contributed by atoms with Gasteiger partial charge in [0.25, 0.3) is 0 Å². The van der Waals surface area contributed by atoms with Crippen molar-refractivity contribution in [2.45, 2.75) is 200 Å². The molecular weight excluding hydrogens is 604 g/mol. The summed E-state index contributed by atoms with van der Waals surface area (Å²) >= 11 is 0. The van der Waals surface area contributed by atoms with Gasteiger partial charge in [0.2, 0.25) is 0 Å². The number of alkyl carbamates (subject to hydrolysis) is 1. The Kier molecular flexibility index (Phi) is 35.2. The maximum absolute atomic E-state index is 12.4. The van der Waals surface area contributed by atoms with Crippen molar-refractivity contribution in [1.82, 2.24) is 10.4 Å². The topological polar surface area (TPSA) is 78.5 Å². The molecule has 0 spiro atoms. The number of nitrogens with zero attached hydrogens (tertiary/aromatic N) is 1. The standard InChI is InChI=1S/C40H82N2O6/c1-7-9-11-13-15-17-19-21-23-25-27-29-33-45-35-38(46-34-30-28-26-24-22-20-18-16-14-12-10-8-2)36-47-39(43)41-32-31-40(3,4)48-37-42(5)44-6/h38H,7-37H2,1-6H3,(H,41,43)/t38-/m1/s1. The molecule has 0 aromatic rings. The molecule has 8 heteroatoms. The van der Waals surface area contributed by atoms with Crippen LogP contribution >= 0.6 is 0 Å². The predicted octanol–water partition coefficient (Wildman–Crippen LogP) is 11.2. The third kappa shape index (κ3) is 34.9. The van der Waals surface area contributed by atoms with E-state index in [1.165, 1.54) is 141 Å². The molecule has 0 aliphatic carbocycles. The Morgan fingerprint density at radius 2 is 1.08 bits per heavy atom. The normalized spacial score (nSPS) is 12.6. The molecule has 8 nitrogen and oxygen atoms in total. The molecule has 288 valence electrons. The molecule has 0 heterocycles. The minimum Gasteiger partial charge on any atom is -0.447 e. The molecule has 0 bridgehead atoms. The lowest BCUT2D eigenvalue weighted by molar-refractivity contribution is -0.199. The first-order chi connectivity index (χ1) is 23.3. The highest BCUT2D eigenvalue weighted by molar-refractivity contribution is 5.67. The Morgan fingerprint density at radius 1 is 0.646 bits per heavy atom. The molecule has 1 N–H and O–H groups in total. The van der Waals surface area contributed by atoms with Gasteiger partial charge < -0.3 is 29.1 Å². The van der Waals surface area contributed by atoms with E-state index in [2.05, 4.69) is 19.2 Å². The Hall–Kier alpha value is -0.930. The van der Waals surface area contributed by atoms with Crippen molar-refractivity contribution in [2.24, 2.45) is 0 Å². The summed E-state index contributed by atoms with van der Waals surface area (Å²) in [5, 5.41) is 4.46. The molecule has 0 fully saturated rings. The summed E-state index contributed by atoms with van der Waals surface area (Å²) in [5.41, 5.74) is -0.401. The fourth-order valence-corrected chi connectivity index (χ4v) is 5.67. The minimum absolute atomic E-state index is 0.195. The maximum atomic E-state index is 12.4. The summed E-state index contributed by atoms with van der Waals surface area (Å²) in [5.74, 6) is 0. The van der Waals surface area contributed by atoms with Crippen molar-refractivity contribution >= 4 is 6.09 Å². The molecule has 0 aromatic carbocycles. The average molecular weight is 687 g/mol. The Bertz CT molecular complexity index is 666. The zero-order valence-corrected chi connectivity index (χ0v) is 32.9. The number of nitrogens with one attached hydrogen (secondary N) is 1. The van der Waals surface area contributed by atoms with Crippen LogP contribution in [0.5, 0.6) is 0 Å². The van der Waals surface area contributed by atoms with Crippen molar-refractivity contribution in [1.29, 1.82) is 0 Å². The largest absolute Gasteiger partial charge is 0.447 e. The van der Waals surface area contributed by atoms with Crippen LogP contribution in [-0.2, 0) is 23.8 Å². The van der Waals surface area contributed by atoms with Crippen LogP contribution in [0.4, 0.5) is 4.79 Å². The Labute approximate surface area is 298 Å². The van der Waals surface area contributed by atoms with Gasteiger partial charge in [-0.15, -0.1) is 0 Å². The Balaban J connectivity index is 4.22. The van der Waals surface area contributed by atoms with E-state index in [9.17, 15) is 4.79 Å². The summed E-state index contributed by atoms with van der Waals surface area (Å²) in [6.07, 6.45) is 31.8. The second-order valence-corrected chi connectivity index (χ2v) is 14.5. The van der Waals surface area contributed by atoms with E-state index in [0.717, 1.165) is 19.4 Å². The first kappa shape index (κ1) is 47.1. The molecule has 0 unspecified atom stereocenters. The minimum atomic E-state index is -0.431. The van der Waals surface area contributed by atoms with Gasteiger partial charge in [-0.1, -0.05) is 155 Å².